The lowest BCUT2D eigenvalue weighted by Gasteiger charge is -2.25. The van der Waals surface area contributed by atoms with Gasteiger partial charge in [0.25, 0.3) is 0 Å². The van der Waals surface area contributed by atoms with Crippen LogP contribution in [-0.4, -0.2) is 18.0 Å². The SMILES string of the molecule is CCCCCC(C)(C)OCCCCCC(=O)C(C)(C)C. The molecule has 0 saturated carbocycles. The Kier molecular flexibility index (Phi) is 9.37. The molecular formula is C18H36O2. The first-order valence-corrected chi connectivity index (χ1v) is 8.36. The Hall–Kier alpha value is -0.370. The topological polar surface area (TPSA) is 26.3 Å². The van der Waals surface area contributed by atoms with Crippen LogP contribution in [0.4, 0.5) is 0 Å². The number of hydrogen-bond acceptors (Lipinski definition) is 2. The first-order chi connectivity index (χ1) is 9.19. The van der Waals surface area contributed by atoms with Crippen molar-refractivity contribution in [3.05, 3.63) is 0 Å². The van der Waals surface area contributed by atoms with Crippen LogP contribution in [0.1, 0.15) is 92.9 Å². The lowest BCUT2D eigenvalue weighted by Crippen LogP contribution is -2.24. The van der Waals surface area contributed by atoms with E-state index in [0.717, 1.165) is 32.3 Å². The number of rotatable bonds is 11. The fourth-order valence-electron chi connectivity index (χ4n) is 2.16. The minimum Gasteiger partial charge on any atom is -0.376 e. The zero-order valence-corrected chi connectivity index (χ0v) is 14.7. The van der Waals surface area contributed by atoms with Gasteiger partial charge in [0.2, 0.25) is 0 Å². The van der Waals surface area contributed by atoms with Crippen LogP contribution in [0.25, 0.3) is 0 Å². The first-order valence-electron chi connectivity index (χ1n) is 8.36. The van der Waals surface area contributed by atoms with E-state index in [9.17, 15) is 4.79 Å². The summed E-state index contributed by atoms with van der Waals surface area (Å²) in [7, 11) is 0. The van der Waals surface area contributed by atoms with Crippen LogP contribution in [0.15, 0.2) is 0 Å². The van der Waals surface area contributed by atoms with Crippen molar-refractivity contribution in [2.75, 3.05) is 6.61 Å². The summed E-state index contributed by atoms with van der Waals surface area (Å²) in [5.74, 6) is 0.373. The second kappa shape index (κ2) is 9.55. The van der Waals surface area contributed by atoms with Gasteiger partial charge in [0.1, 0.15) is 5.78 Å². The largest absolute Gasteiger partial charge is 0.376 e. The molecule has 0 radical (unpaired) electrons. The average molecular weight is 284 g/mol. The Morgan fingerprint density at radius 1 is 0.900 bits per heavy atom. The van der Waals surface area contributed by atoms with Gasteiger partial charge in [-0.15, -0.1) is 0 Å². The summed E-state index contributed by atoms with van der Waals surface area (Å²) >= 11 is 0. The Morgan fingerprint density at radius 2 is 1.55 bits per heavy atom. The number of carbonyl (C=O) groups excluding carboxylic acids is 1. The third kappa shape index (κ3) is 10.4. The molecule has 0 saturated heterocycles. The van der Waals surface area contributed by atoms with Gasteiger partial charge >= 0.3 is 0 Å². The van der Waals surface area contributed by atoms with E-state index < -0.39 is 0 Å². The van der Waals surface area contributed by atoms with Crippen LogP contribution in [0.5, 0.6) is 0 Å². The monoisotopic (exact) mass is 284 g/mol. The van der Waals surface area contributed by atoms with Crippen molar-refractivity contribution in [3.63, 3.8) is 0 Å². The molecule has 0 N–H and O–H groups in total. The molecule has 2 heteroatoms. The van der Waals surface area contributed by atoms with Gasteiger partial charge in [-0.2, -0.15) is 0 Å². The van der Waals surface area contributed by atoms with E-state index in [1.54, 1.807) is 0 Å². The summed E-state index contributed by atoms with van der Waals surface area (Å²) in [4.78, 5) is 11.8. The van der Waals surface area contributed by atoms with Crippen LogP contribution >= 0.6 is 0 Å². The zero-order valence-electron chi connectivity index (χ0n) is 14.7. The highest BCUT2D eigenvalue weighted by Crippen LogP contribution is 2.20. The molecule has 0 aromatic heterocycles. The number of Topliss-reactive ketones (excluding diaryl/α,β-unsaturated/α-hetero) is 1. The molecule has 0 aromatic carbocycles. The van der Waals surface area contributed by atoms with Gasteiger partial charge in [0.15, 0.2) is 0 Å². The van der Waals surface area contributed by atoms with Crippen molar-refractivity contribution >= 4 is 5.78 Å². The molecule has 0 aromatic rings. The second-order valence-electron chi connectivity index (χ2n) is 7.55. The van der Waals surface area contributed by atoms with Gasteiger partial charge in [0.05, 0.1) is 5.60 Å². The van der Waals surface area contributed by atoms with Gasteiger partial charge < -0.3 is 4.74 Å². The Labute approximate surface area is 126 Å². The molecule has 120 valence electrons. The predicted molar refractivity (Wildman–Crippen MR) is 87.1 cm³/mol. The molecule has 0 aliphatic rings. The number of ether oxygens (including phenoxy) is 1. The van der Waals surface area contributed by atoms with Gasteiger partial charge in [-0.05, 0) is 33.1 Å². The van der Waals surface area contributed by atoms with Crippen molar-refractivity contribution in [1.29, 1.82) is 0 Å². The van der Waals surface area contributed by atoms with Gasteiger partial charge in [-0.1, -0.05) is 53.4 Å². The van der Waals surface area contributed by atoms with E-state index in [1.165, 1.54) is 19.3 Å². The van der Waals surface area contributed by atoms with Crippen molar-refractivity contribution < 1.29 is 9.53 Å². The Morgan fingerprint density at radius 3 is 2.10 bits per heavy atom. The van der Waals surface area contributed by atoms with Gasteiger partial charge in [-0.3, -0.25) is 4.79 Å². The fraction of sp³-hybridized carbons (Fsp3) is 0.944. The molecule has 0 atom stereocenters. The maximum Gasteiger partial charge on any atom is 0.138 e. The molecule has 20 heavy (non-hydrogen) atoms. The number of ketones is 1. The van der Waals surface area contributed by atoms with E-state index in [2.05, 4.69) is 20.8 Å². The minimum atomic E-state index is -0.183. The fourth-order valence-corrected chi connectivity index (χ4v) is 2.16. The molecule has 0 rings (SSSR count). The van der Waals surface area contributed by atoms with Crippen molar-refractivity contribution in [1.82, 2.24) is 0 Å². The molecule has 0 aliphatic carbocycles. The summed E-state index contributed by atoms with van der Waals surface area (Å²) in [6, 6.07) is 0. The smallest absolute Gasteiger partial charge is 0.138 e. The lowest BCUT2D eigenvalue weighted by molar-refractivity contribution is -0.126. The number of unbranched alkanes of at least 4 members (excludes halogenated alkanes) is 4. The standard InChI is InChI=1S/C18H36O2/c1-7-8-11-14-18(5,6)20-15-12-9-10-13-16(19)17(2,3)4/h7-15H2,1-6H3. The summed E-state index contributed by atoms with van der Waals surface area (Å²) < 4.78 is 5.97. The van der Waals surface area contributed by atoms with Gasteiger partial charge in [-0.25, -0.2) is 0 Å². The summed E-state index contributed by atoms with van der Waals surface area (Å²) in [5.41, 5.74) is -0.172. The van der Waals surface area contributed by atoms with Crippen LogP contribution < -0.4 is 0 Å². The minimum absolute atomic E-state index is 0.0103. The average Bonchev–Trinajstić information content (AvgIpc) is 2.32. The molecule has 0 heterocycles. The van der Waals surface area contributed by atoms with Crippen LogP contribution in [0.3, 0.4) is 0 Å². The van der Waals surface area contributed by atoms with E-state index in [1.807, 2.05) is 20.8 Å². The number of hydrogen-bond donors (Lipinski definition) is 0. The highest BCUT2D eigenvalue weighted by Gasteiger charge is 2.20. The molecular weight excluding hydrogens is 248 g/mol. The maximum atomic E-state index is 11.8. The molecule has 0 fully saturated rings. The van der Waals surface area contributed by atoms with Crippen molar-refractivity contribution in [3.8, 4) is 0 Å². The lowest BCUT2D eigenvalue weighted by atomic mass is 9.88. The van der Waals surface area contributed by atoms with Crippen molar-refractivity contribution in [2.45, 2.75) is 98.5 Å². The highest BCUT2D eigenvalue weighted by atomic mass is 16.5. The highest BCUT2D eigenvalue weighted by molar-refractivity contribution is 5.83. The third-order valence-corrected chi connectivity index (χ3v) is 3.76. The molecule has 2 nitrogen and oxygen atoms in total. The third-order valence-electron chi connectivity index (χ3n) is 3.76. The van der Waals surface area contributed by atoms with Crippen LogP contribution in [-0.2, 0) is 9.53 Å². The Bertz CT molecular complexity index is 261. The quantitative estimate of drug-likeness (QED) is 0.466. The summed E-state index contributed by atoms with van der Waals surface area (Å²) in [5, 5.41) is 0. The number of carbonyl (C=O) groups is 1. The first kappa shape index (κ1) is 19.6. The summed E-state index contributed by atoms with van der Waals surface area (Å²) in [6.07, 6.45) is 8.81. The zero-order chi connectivity index (χ0) is 15.6. The van der Waals surface area contributed by atoms with E-state index in [4.69, 9.17) is 4.74 Å². The second-order valence-corrected chi connectivity index (χ2v) is 7.55. The summed E-state index contributed by atoms with van der Waals surface area (Å²) in [6.45, 7) is 13.4. The van der Waals surface area contributed by atoms with E-state index >= 15 is 0 Å². The molecule has 0 bridgehead atoms. The molecule has 0 aliphatic heterocycles. The van der Waals surface area contributed by atoms with Crippen molar-refractivity contribution in [2.24, 2.45) is 5.41 Å². The molecule has 0 spiro atoms. The van der Waals surface area contributed by atoms with E-state index in [-0.39, 0.29) is 11.0 Å². The van der Waals surface area contributed by atoms with Crippen LogP contribution in [0.2, 0.25) is 0 Å². The normalized spacial score (nSPS) is 12.7. The van der Waals surface area contributed by atoms with Gasteiger partial charge in [0, 0.05) is 18.4 Å². The maximum absolute atomic E-state index is 11.8. The molecule has 0 amide bonds. The predicted octanol–water partition coefficient (Wildman–Crippen LogP) is 5.54. The van der Waals surface area contributed by atoms with Crippen LogP contribution in [0, 0.1) is 5.41 Å². The molecule has 0 unspecified atom stereocenters. The Balaban J connectivity index is 3.59. The van der Waals surface area contributed by atoms with E-state index in [0.29, 0.717) is 12.2 Å².